The zero-order valence-corrected chi connectivity index (χ0v) is 9.76. The summed E-state index contributed by atoms with van der Waals surface area (Å²) in [5.41, 5.74) is 5.38. The van der Waals surface area contributed by atoms with Crippen LogP contribution in [0.4, 0.5) is 10.1 Å². The van der Waals surface area contributed by atoms with Crippen molar-refractivity contribution < 1.29 is 4.39 Å². The maximum absolute atomic E-state index is 13.6. The predicted molar refractivity (Wildman–Crippen MR) is 68.8 cm³/mol. The quantitative estimate of drug-likeness (QED) is 0.782. The van der Waals surface area contributed by atoms with Gasteiger partial charge in [-0.05, 0) is 47.7 Å². The summed E-state index contributed by atoms with van der Waals surface area (Å²) < 4.78 is 13.6. The molecule has 2 heteroatoms. The van der Waals surface area contributed by atoms with Crippen LogP contribution in [0.3, 0.4) is 0 Å². The molecule has 0 amide bonds. The number of halogens is 1. The number of anilines is 1. The Labute approximate surface area is 100 Å². The third-order valence-electron chi connectivity index (χ3n) is 3.42. The average Bonchev–Trinajstić information content (AvgIpc) is 2.81. The molecule has 1 aliphatic rings. The molecule has 0 spiro atoms. The van der Waals surface area contributed by atoms with E-state index in [0.29, 0.717) is 0 Å². The molecule has 0 unspecified atom stereocenters. The van der Waals surface area contributed by atoms with Crippen LogP contribution in [-0.2, 0) is 6.42 Å². The lowest BCUT2D eigenvalue weighted by Gasteiger charge is -2.11. The molecule has 0 saturated carbocycles. The Morgan fingerprint density at radius 1 is 1.06 bits per heavy atom. The normalized spacial score (nSPS) is 13.3. The van der Waals surface area contributed by atoms with Crippen LogP contribution in [0.15, 0.2) is 36.4 Å². The molecule has 0 bridgehead atoms. The van der Waals surface area contributed by atoms with Crippen LogP contribution in [0.2, 0.25) is 0 Å². The van der Waals surface area contributed by atoms with Gasteiger partial charge in [0.15, 0.2) is 0 Å². The molecule has 1 heterocycles. The monoisotopic (exact) mass is 227 g/mol. The number of hydrogen-bond acceptors (Lipinski definition) is 1. The van der Waals surface area contributed by atoms with Crippen molar-refractivity contribution in [2.24, 2.45) is 0 Å². The van der Waals surface area contributed by atoms with Gasteiger partial charge in [0.05, 0.1) is 0 Å². The first-order chi connectivity index (χ1) is 8.27. The van der Waals surface area contributed by atoms with Gasteiger partial charge in [-0.3, -0.25) is 0 Å². The number of fused-ring (bicyclic) bond motifs is 1. The van der Waals surface area contributed by atoms with Crippen molar-refractivity contribution in [1.82, 2.24) is 0 Å². The predicted octanol–water partition coefficient (Wildman–Crippen LogP) is 3.77. The summed E-state index contributed by atoms with van der Waals surface area (Å²) in [6, 6.07) is 11.5. The molecule has 0 atom stereocenters. The summed E-state index contributed by atoms with van der Waals surface area (Å²) in [6.07, 6.45) is 1.02. The number of hydrogen-bond donors (Lipinski definition) is 1. The first kappa shape index (κ1) is 10.3. The Balaban J connectivity index is 2.23. The Morgan fingerprint density at radius 3 is 2.71 bits per heavy atom. The van der Waals surface area contributed by atoms with E-state index >= 15 is 0 Å². The fraction of sp³-hybridized carbons (Fsp3) is 0.200. The van der Waals surface area contributed by atoms with Crippen molar-refractivity contribution in [1.29, 1.82) is 0 Å². The van der Waals surface area contributed by atoms with Gasteiger partial charge in [-0.25, -0.2) is 4.39 Å². The summed E-state index contributed by atoms with van der Waals surface area (Å²) in [4.78, 5) is 0. The molecule has 2 aromatic carbocycles. The van der Waals surface area contributed by atoms with Crippen molar-refractivity contribution >= 4 is 5.69 Å². The fourth-order valence-electron chi connectivity index (χ4n) is 2.50. The molecular weight excluding hydrogens is 213 g/mol. The lowest BCUT2D eigenvalue weighted by Crippen LogP contribution is -1.91. The van der Waals surface area contributed by atoms with E-state index in [4.69, 9.17) is 0 Å². The molecule has 86 valence electrons. The van der Waals surface area contributed by atoms with Crippen molar-refractivity contribution in [2.75, 3.05) is 11.9 Å². The Kier molecular flexibility index (Phi) is 2.36. The zero-order chi connectivity index (χ0) is 11.8. The van der Waals surface area contributed by atoms with Crippen LogP contribution < -0.4 is 5.32 Å². The van der Waals surface area contributed by atoms with Gasteiger partial charge >= 0.3 is 0 Å². The van der Waals surface area contributed by atoms with Gasteiger partial charge in [-0.2, -0.15) is 0 Å². The molecule has 2 aromatic rings. The van der Waals surface area contributed by atoms with Gasteiger partial charge in [-0.15, -0.1) is 0 Å². The molecule has 0 aliphatic carbocycles. The van der Waals surface area contributed by atoms with Gasteiger partial charge in [-0.1, -0.05) is 24.3 Å². The molecule has 0 radical (unpaired) electrons. The third kappa shape index (κ3) is 1.60. The zero-order valence-electron chi connectivity index (χ0n) is 9.76. The smallest absolute Gasteiger partial charge is 0.126 e. The van der Waals surface area contributed by atoms with E-state index in [0.717, 1.165) is 29.7 Å². The molecule has 0 saturated heterocycles. The van der Waals surface area contributed by atoms with E-state index in [2.05, 4.69) is 17.4 Å². The van der Waals surface area contributed by atoms with E-state index in [-0.39, 0.29) is 5.82 Å². The Morgan fingerprint density at radius 2 is 1.82 bits per heavy atom. The highest BCUT2D eigenvalue weighted by Crippen LogP contribution is 2.34. The first-order valence-corrected chi connectivity index (χ1v) is 5.88. The topological polar surface area (TPSA) is 12.0 Å². The van der Waals surface area contributed by atoms with Gasteiger partial charge < -0.3 is 5.32 Å². The number of benzene rings is 2. The van der Waals surface area contributed by atoms with Gasteiger partial charge in [0.1, 0.15) is 5.82 Å². The molecule has 1 nitrogen and oxygen atoms in total. The van der Waals surface area contributed by atoms with Crippen LogP contribution in [0.1, 0.15) is 11.1 Å². The highest BCUT2D eigenvalue weighted by molar-refractivity contribution is 5.77. The summed E-state index contributed by atoms with van der Waals surface area (Å²) in [5.74, 6) is -0.133. The van der Waals surface area contributed by atoms with E-state index in [1.165, 1.54) is 17.3 Å². The largest absolute Gasteiger partial charge is 0.384 e. The highest BCUT2D eigenvalue weighted by Gasteiger charge is 2.16. The minimum Gasteiger partial charge on any atom is -0.384 e. The fourth-order valence-corrected chi connectivity index (χ4v) is 2.50. The van der Waals surface area contributed by atoms with Crippen molar-refractivity contribution in [3.8, 4) is 11.1 Å². The van der Waals surface area contributed by atoms with E-state index in [1.54, 1.807) is 6.07 Å². The Hall–Kier alpha value is -1.83. The van der Waals surface area contributed by atoms with Gasteiger partial charge in [0, 0.05) is 12.2 Å². The minimum absolute atomic E-state index is 0.133. The van der Waals surface area contributed by atoms with Crippen LogP contribution >= 0.6 is 0 Å². The molecule has 0 aromatic heterocycles. The van der Waals surface area contributed by atoms with Gasteiger partial charge in [0.25, 0.3) is 0 Å². The van der Waals surface area contributed by atoms with E-state index < -0.39 is 0 Å². The number of rotatable bonds is 1. The van der Waals surface area contributed by atoms with Crippen molar-refractivity contribution in [3.05, 3.63) is 53.3 Å². The van der Waals surface area contributed by atoms with Crippen LogP contribution in [0.5, 0.6) is 0 Å². The van der Waals surface area contributed by atoms with Crippen LogP contribution in [0, 0.1) is 12.7 Å². The second kappa shape index (κ2) is 3.88. The standard InChI is InChI=1S/C15H14FN/c1-10-11(4-2-6-14(10)16)12-5-3-7-15-13(12)8-9-17-15/h2-7,17H,8-9H2,1H3. The summed E-state index contributed by atoms with van der Waals surface area (Å²) >= 11 is 0. The van der Waals surface area contributed by atoms with E-state index in [1.807, 2.05) is 19.1 Å². The second-order valence-electron chi connectivity index (χ2n) is 4.42. The Bertz CT molecular complexity index is 575. The maximum Gasteiger partial charge on any atom is 0.126 e. The average molecular weight is 227 g/mol. The molecule has 17 heavy (non-hydrogen) atoms. The summed E-state index contributed by atoms with van der Waals surface area (Å²) in [6.45, 7) is 2.81. The molecule has 1 aliphatic heterocycles. The minimum atomic E-state index is -0.133. The summed E-state index contributed by atoms with van der Waals surface area (Å²) in [5, 5.41) is 3.35. The lowest BCUT2D eigenvalue weighted by molar-refractivity contribution is 0.619. The van der Waals surface area contributed by atoms with Gasteiger partial charge in [0.2, 0.25) is 0 Å². The summed E-state index contributed by atoms with van der Waals surface area (Å²) in [7, 11) is 0. The number of nitrogens with one attached hydrogen (secondary N) is 1. The molecular formula is C15H14FN. The van der Waals surface area contributed by atoms with Crippen LogP contribution in [0.25, 0.3) is 11.1 Å². The van der Waals surface area contributed by atoms with Crippen LogP contribution in [-0.4, -0.2) is 6.54 Å². The SMILES string of the molecule is Cc1c(F)cccc1-c1cccc2c1CCN2. The lowest BCUT2D eigenvalue weighted by atomic mass is 9.94. The maximum atomic E-state index is 13.6. The molecule has 0 fully saturated rings. The van der Waals surface area contributed by atoms with Crippen molar-refractivity contribution in [3.63, 3.8) is 0 Å². The highest BCUT2D eigenvalue weighted by atomic mass is 19.1. The third-order valence-corrected chi connectivity index (χ3v) is 3.42. The molecule has 3 rings (SSSR count). The van der Waals surface area contributed by atoms with Crippen molar-refractivity contribution in [2.45, 2.75) is 13.3 Å². The molecule has 1 N–H and O–H groups in total. The van der Waals surface area contributed by atoms with E-state index in [9.17, 15) is 4.39 Å². The first-order valence-electron chi connectivity index (χ1n) is 5.88. The second-order valence-corrected chi connectivity index (χ2v) is 4.42.